The summed E-state index contributed by atoms with van der Waals surface area (Å²) in [7, 11) is 0. The van der Waals surface area contributed by atoms with E-state index in [-0.39, 0.29) is 0 Å². The molecule has 0 radical (unpaired) electrons. The number of nitrogens with one attached hydrogen (secondary N) is 2. The molecule has 60 valence electrons. The van der Waals surface area contributed by atoms with Crippen molar-refractivity contribution in [2.45, 2.75) is 25.3 Å². The Morgan fingerprint density at radius 3 is 3.09 bits per heavy atom. The van der Waals surface area contributed by atoms with Gasteiger partial charge in [0.2, 0.25) is 0 Å². The highest BCUT2D eigenvalue weighted by molar-refractivity contribution is 5.09. The van der Waals surface area contributed by atoms with E-state index < -0.39 is 0 Å². The SMILES string of the molecule is C[C@@H]1NCC[C@@H]1c1cnc[nH]1. The van der Waals surface area contributed by atoms with Crippen molar-refractivity contribution < 1.29 is 0 Å². The summed E-state index contributed by atoms with van der Waals surface area (Å²) in [6, 6.07) is 0.593. The predicted molar refractivity (Wildman–Crippen MR) is 43.4 cm³/mol. The summed E-state index contributed by atoms with van der Waals surface area (Å²) < 4.78 is 0. The Kier molecular flexibility index (Phi) is 1.66. The summed E-state index contributed by atoms with van der Waals surface area (Å²) in [6.45, 7) is 3.35. The molecule has 1 aliphatic heterocycles. The normalized spacial score (nSPS) is 31.0. The fourth-order valence-electron chi connectivity index (χ4n) is 1.75. The Balaban J connectivity index is 2.16. The Morgan fingerprint density at radius 1 is 1.64 bits per heavy atom. The molecule has 1 aliphatic rings. The minimum Gasteiger partial charge on any atom is -0.348 e. The number of hydrogen-bond donors (Lipinski definition) is 2. The van der Waals surface area contributed by atoms with E-state index in [2.05, 4.69) is 22.2 Å². The van der Waals surface area contributed by atoms with Crippen molar-refractivity contribution in [3.63, 3.8) is 0 Å². The van der Waals surface area contributed by atoms with Gasteiger partial charge in [-0.1, -0.05) is 0 Å². The van der Waals surface area contributed by atoms with Crippen molar-refractivity contribution in [3.8, 4) is 0 Å². The zero-order valence-electron chi connectivity index (χ0n) is 6.67. The largest absolute Gasteiger partial charge is 0.348 e. The second-order valence-electron chi connectivity index (χ2n) is 3.14. The fourth-order valence-corrected chi connectivity index (χ4v) is 1.75. The number of hydrogen-bond acceptors (Lipinski definition) is 2. The number of H-pyrrole nitrogens is 1. The number of rotatable bonds is 1. The van der Waals surface area contributed by atoms with Gasteiger partial charge in [-0.25, -0.2) is 4.98 Å². The Hall–Kier alpha value is -0.830. The van der Waals surface area contributed by atoms with Crippen LogP contribution in [0.5, 0.6) is 0 Å². The highest BCUT2D eigenvalue weighted by atomic mass is 15.0. The maximum absolute atomic E-state index is 4.02. The summed E-state index contributed by atoms with van der Waals surface area (Å²) in [6.07, 6.45) is 4.90. The first-order chi connectivity index (χ1) is 5.38. The molecule has 2 N–H and O–H groups in total. The van der Waals surface area contributed by atoms with Crippen molar-refractivity contribution in [3.05, 3.63) is 18.2 Å². The molecule has 0 amide bonds. The van der Waals surface area contributed by atoms with E-state index in [1.807, 2.05) is 6.20 Å². The quantitative estimate of drug-likeness (QED) is 0.625. The molecule has 2 heterocycles. The van der Waals surface area contributed by atoms with Gasteiger partial charge in [-0.15, -0.1) is 0 Å². The van der Waals surface area contributed by atoms with Crippen molar-refractivity contribution >= 4 is 0 Å². The molecule has 1 aromatic heterocycles. The molecule has 2 rings (SSSR count). The molecule has 3 nitrogen and oxygen atoms in total. The monoisotopic (exact) mass is 151 g/mol. The first-order valence-corrected chi connectivity index (χ1v) is 4.09. The zero-order valence-corrected chi connectivity index (χ0v) is 6.67. The summed E-state index contributed by atoms with van der Waals surface area (Å²) in [4.78, 5) is 7.18. The van der Waals surface area contributed by atoms with Gasteiger partial charge >= 0.3 is 0 Å². The third-order valence-electron chi connectivity index (χ3n) is 2.44. The average Bonchev–Trinajstić information content (AvgIpc) is 2.55. The van der Waals surface area contributed by atoms with Crippen LogP contribution in [0.25, 0.3) is 0 Å². The maximum Gasteiger partial charge on any atom is 0.0921 e. The zero-order chi connectivity index (χ0) is 7.68. The van der Waals surface area contributed by atoms with E-state index in [9.17, 15) is 0 Å². The van der Waals surface area contributed by atoms with E-state index in [1.54, 1.807) is 6.33 Å². The first-order valence-electron chi connectivity index (χ1n) is 4.09. The van der Waals surface area contributed by atoms with Crippen LogP contribution in [-0.2, 0) is 0 Å². The van der Waals surface area contributed by atoms with E-state index in [0.717, 1.165) is 6.54 Å². The van der Waals surface area contributed by atoms with Crippen molar-refractivity contribution in [1.82, 2.24) is 15.3 Å². The van der Waals surface area contributed by atoms with Crippen LogP contribution in [0.3, 0.4) is 0 Å². The van der Waals surface area contributed by atoms with E-state index in [1.165, 1.54) is 12.1 Å². The molecule has 1 saturated heterocycles. The van der Waals surface area contributed by atoms with Crippen LogP contribution in [0.15, 0.2) is 12.5 Å². The van der Waals surface area contributed by atoms with E-state index in [0.29, 0.717) is 12.0 Å². The lowest BCUT2D eigenvalue weighted by Gasteiger charge is -2.11. The van der Waals surface area contributed by atoms with Crippen LogP contribution in [0.1, 0.15) is 25.0 Å². The molecule has 1 aromatic rings. The molecule has 1 fully saturated rings. The number of nitrogens with zero attached hydrogens (tertiary/aromatic N) is 1. The third-order valence-corrected chi connectivity index (χ3v) is 2.44. The fraction of sp³-hybridized carbons (Fsp3) is 0.625. The smallest absolute Gasteiger partial charge is 0.0921 e. The van der Waals surface area contributed by atoms with Crippen LogP contribution in [0.4, 0.5) is 0 Å². The lowest BCUT2D eigenvalue weighted by Crippen LogP contribution is -2.21. The average molecular weight is 151 g/mol. The van der Waals surface area contributed by atoms with Crippen molar-refractivity contribution in [2.24, 2.45) is 0 Å². The second kappa shape index (κ2) is 2.66. The molecular weight excluding hydrogens is 138 g/mol. The second-order valence-corrected chi connectivity index (χ2v) is 3.14. The molecule has 0 saturated carbocycles. The molecule has 0 bridgehead atoms. The number of imidazole rings is 1. The minimum absolute atomic E-state index is 0.593. The molecule has 11 heavy (non-hydrogen) atoms. The summed E-state index contributed by atoms with van der Waals surface area (Å²) in [5.74, 6) is 0.637. The van der Waals surface area contributed by atoms with Crippen LogP contribution >= 0.6 is 0 Å². The molecule has 2 atom stereocenters. The Labute approximate surface area is 66.2 Å². The van der Waals surface area contributed by atoms with Crippen molar-refractivity contribution in [1.29, 1.82) is 0 Å². The summed E-state index contributed by atoms with van der Waals surface area (Å²) in [5, 5.41) is 3.41. The standard InChI is InChI=1S/C8H13N3/c1-6-7(2-3-10-6)8-4-9-5-11-8/h4-7,10H,2-3H2,1H3,(H,9,11)/t6-,7-/m0/s1. The lowest BCUT2D eigenvalue weighted by atomic mass is 9.99. The molecule has 0 unspecified atom stereocenters. The van der Waals surface area contributed by atoms with Gasteiger partial charge in [0.1, 0.15) is 0 Å². The number of aromatic amines is 1. The maximum atomic E-state index is 4.02. The number of aromatic nitrogens is 2. The molecule has 0 aromatic carbocycles. The van der Waals surface area contributed by atoms with Crippen LogP contribution in [-0.4, -0.2) is 22.6 Å². The van der Waals surface area contributed by atoms with Crippen LogP contribution < -0.4 is 5.32 Å². The Morgan fingerprint density at radius 2 is 2.55 bits per heavy atom. The summed E-state index contributed by atoms with van der Waals surface area (Å²) >= 11 is 0. The highest BCUT2D eigenvalue weighted by Crippen LogP contribution is 2.24. The van der Waals surface area contributed by atoms with Crippen LogP contribution in [0.2, 0.25) is 0 Å². The Bertz CT molecular complexity index is 217. The minimum atomic E-state index is 0.593. The van der Waals surface area contributed by atoms with Gasteiger partial charge in [0, 0.05) is 23.9 Å². The molecule has 0 spiro atoms. The van der Waals surface area contributed by atoms with Crippen LogP contribution in [0, 0.1) is 0 Å². The van der Waals surface area contributed by atoms with Gasteiger partial charge < -0.3 is 10.3 Å². The van der Waals surface area contributed by atoms with E-state index in [4.69, 9.17) is 0 Å². The molecule has 0 aliphatic carbocycles. The topological polar surface area (TPSA) is 40.7 Å². The summed E-state index contributed by atoms with van der Waals surface area (Å²) in [5.41, 5.74) is 1.27. The first kappa shape index (κ1) is 6.85. The predicted octanol–water partition coefficient (Wildman–Crippen LogP) is 0.875. The van der Waals surface area contributed by atoms with Gasteiger partial charge in [-0.05, 0) is 19.9 Å². The van der Waals surface area contributed by atoms with Gasteiger partial charge in [-0.2, -0.15) is 0 Å². The van der Waals surface area contributed by atoms with E-state index >= 15 is 0 Å². The van der Waals surface area contributed by atoms with Gasteiger partial charge in [0.15, 0.2) is 0 Å². The molecular formula is C8H13N3. The molecule has 3 heteroatoms. The lowest BCUT2D eigenvalue weighted by molar-refractivity contribution is 0.584. The van der Waals surface area contributed by atoms with Crippen molar-refractivity contribution in [2.75, 3.05) is 6.54 Å². The third kappa shape index (κ3) is 1.16. The van der Waals surface area contributed by atoms with Gasteiger partial charge in [0.05, 0.1) is 6.33 Å². The van der Waals surface area contributed by atoms with Gasteiger partial charge in [-0.3, -0.25) is 0 Å². The van der Waals surface area contributed by atoms with Gasteiger partial charge in [0.25, 0.3) is 0 Å². The highest BCUT2D eigenvalue weighted by Gasteiger charge is 2.24.